The number of hydrogen-bond acceptors (Lipinski definition) is 3. The van der Waals surface area contributed by atoms with E-state index in [1.165, 1.54) is 6.08 Å². The molecule has 4 heteroatoms. The molecule has 3 aromatic rings. The molecule has 0 amide bonds. The Labute approximate surface area is 147 Å². The van der Waals surface area contributed by atoms with Crippen molar-refractivity contribution in [2.45, 2.75) is 20.1 Å². The van der Waals surface area contributed by atoms with Gasteiger partial charge in [-0.1, -0.05) is 48.5 Å². The van der Waals surface area contributed by atoms with Gasteiger partial charge in [0, 0.05) is 18.3 Å². The zero-order valence-corrected chi connectivity index (χ0v) is 14.1. The first-order valence-electron chi connectivity index (χ1n) is 8.28. The van der Waals surface area contributed by atoms with Crippen molar-refractivity contribution in [3.8, 4) is 5.75 Å². The number of ketones is 1. The second-order valence-electron chi connectivity index (χ2n) is 5.57. The number of aryl methyl sites for hydroxylation is 1. The minimum atomic E-state index is -0.120. The first-order valence-corrected chi connectivity index (χ1v) is 8.28. The molecule has 1 aromatic heterocycles. The number of carbonyl (C=O) groups is 1. The maximum absolute atomic E-state index is 12.2. The van der Waals surface area contributed by atoms with Crippen LogP contribution < -0.4 is 4.74 Å². The number of allylic oxidation sites excluding steroid dienone is 1. The largest absolute Gasteiger partial charge is 0.488 e. The molecule has 0 spiro atoms. The molecule has 3 rings (SSSR count). The van der Waals surface area contributed by atoms with E-state index in [9.17, 15) is 4.79 Å². The lowest BCUT2D eigenvalue weighted by atomic mass is 10.1. The SMILES string of the molecule is CCn1ccc(C(=O)/C=C/c2ccccc2OCc2ccccc2)n1. The molecule has 0 saturated heterocycles. The number of benzene rings is 2. The minimum absolute atomic E-state index is 0.120. The number of carbonyl (C=O) groups excluding carboxylic acids is 1. The van der Waals surface area contributed by atoms with Crippen LogP contribution in [0.2, 0.25) is 0 Å². The molecule has 25 heavy (non-hydrogen) atoms. The number of rotatable bonds is 7. The minimum Gasteiger partial charge on any atom is -0.488 e. The topological polar surface area (TPSA) is 44.1 Å². The highest BCUT2D eigenvalue weighted by molar-refractivity contribution is 6.05. The Kier molecular flexibility index (Phi) is 5.42. The van der Waals surface area contributed by atoms with Crippen molar-refractivity contribution in [3.05, 3.63) is 89.8 Å². The highest BCUT2D eigenvalue weighted by atomic mass is 16.5. The molecule has 126 valence electrons. The molecule has 4 nitrogen and oxygen atoms in total. The first kappa shape index (κ1) is 16.7. The van der Waals surface area contributed by atoms with Crippen LogP contribution in [0.15, 0.2) is 72.9 Å². The fourth-order valence-electron chi connectivity index (χ4n) is 2.41. The predicted molar refractivity (Wildman–Crippen MR) is 98.5 cm³/mol. The molecular weight excluding hydrogens is 312 g/mol. The lowest BCUT2D eigenvalue weighted by Gasteiger charge is -2.09. The highest BCUT2D eigenvalue weighted by Gasteiger charge is 2.06. The lowest BCUT2D eigenvalue weighted by molar-refractivity contribution is 0.104. The van der Waals surface area contributed by atoms with E-state index in [1.807, 2.05) is 61.5 Å². The molecule has 0 fully saturated rings. The van der Waals surface area contributed by atoms with Crippen molar-refractivity contribution in [2.75, 3.05) is 0 Å². The molecule has 0 unspecified atom stereocenters. The van der Waals surface area contributed by atoms with E-state index in [0.717, 1.165) is 23.4 Å². The molecular formula is C21H20N2O2. The summed E-state index contributed by atoms with van der Waals surface area (Å²) < 4.78 is 7.63. The van der Waals surface area contributed by atoms with E-state index in [0.29, 0.717) is 12.3 Å². The number of nitrogens with zero attached hydrogens (tertiary/aromatic N) is 2. The molecule has 2 aromatic carbocycles. The van der Waals surface area contributed by atoms with Crippen molar-refractivity contribution in [3.63, 3.8) is 0 Å². The molecule has 0 saturated carbocycles. The maximum atomic E-state index is 12.2. The number of aromatic nitrogens is 2. The normalized spacial score (nSPS) is 10.9. The van der Waals surface area contributed by atoms with Crippen molar-refractivity contribution in [1.29, 1.82) is 0 Å². The zero-order chi connectivity index (χ0) is 17.5. The summed E-state index contributed by atoms with van der Waals surface area (Å²) in [6, 6.07) is 19.4. The maximum Gasteiger partial charge on any atom is 0.206 e. The smallest absolute Gasteiger partial charge is 0.206 e. The molecule has 0 radical (unpaired) electrons. The van der Waals surface area contributed by atoms with Gasteiger partial charge in [0.05, 0.1) is 0 Å². The van der Waals surface area contributed by atoms with E-state index >= 15 is 0 Å². The van der Waals surface area contributed by atoms with Crippen LogP contribution in [0.4, 0.5) is 0 Å². The Morgan fingerprint density at radius 2 is 1.84 bits per heavy atom. The van der Waals surface area contributed by atoms with Crippen LogP contribution in [0.1, 0.15) is 28.5 Å². The van der Waals surface area contributed by atoms with Crippen LogP contribution in [0.3, 0.4) is 0 Å². The Morgan fingerprint density at radius 3 is 2.60 bits per heavy atom. The summed E-state index contributed by atoms with van der Waals surface area (Å²) in [6.07, 6.45) is 5.11. The summed E-state index contributed by atoms with van der Waals surface area (Å²) in [5, 5.41) is 4.22. The van der Waals surface area contributed by atoms with Crippen LogP contribution in [-0.2, 0) is 13.2 Å². The van der Waals surface area contributed by atoms with E-state index < -0.39 is 0 Å². The lowest BCUT2D eigenvalue weighted by Crippen LogP contribution is -2.00. The van der Waals surface area contributed by atoms with Gasteiger partial charge < -0.3 is 4.74 Å². The molecule has 0 bridgehead atoms. The third kappa shape index (κ3) is 4.44. The molecule has 0 atom stereocenters. The second kappa shape index (κ2) is 8.11. The molecule has 0 aliphatic carbocycles. The van der Waals surface area contributed by atoms with E-state index in [-0.39, 0.29) is 5.78 Å². The zero-order valence-electron chi connectivity index (χ0n) is 14.1. The van der Waals surface area contributed by atoms with Crippen molar-refractivity contribution in [2.24, 2.45) is 0 Å². The van der Waals surface area contributed by atoms with Gasteiger partial charge in [0.2, 0.25) is 5.78 Å². The van der Waals surface area contributed by atoms with Crippen LogP contribution in [0.25, 0.3) is 6.08 Å². The van der Waals surface area contributed by atoms with E-state index in [2.05, 4.69) is 5.10 Å². The monoisotopic (exact) mass is 332 g/mol. The van der Waals surface area contributed by atoms with Gasteiger partial charge in [-0.2, -0.15) is 5.10 Å². The quantitative estimate of drug-likeness (QED) is 0.476. The molecule has 1 heterocycles. The second-order valence-corrected chi connectivity index (χ2v) is 5.57. The summed E-state index contributed by atoms with van der Waals surface area (Å²) in [7, 11) is 0. The van der Waals surface area contributed by atoms with Gasteiger partial charge in [-0.05, 0) is 36.8 Å². The Hall–Kier alpha value is -3.14. The summed E-state index contributed by atoms with van der Waals surface area (Å²) in [5.41, 5.74) is 2.41. The Balaban J connectivity index is 1.70. The van der Waals surface area contributed by atoms with Crippen LogP contribution in [0, 0.1) is 0 Å². The van der Waals surface area contributed by atoms with E-state index in [1.54, 1.807) is 23.0 Å². The van der Waals surface area contributed by atoms with E-state index in [4.69, 9.17) is 4.74 Å². The van der Waals surface area contributed by atoms with Gasteiger partial charge in [0.1, 0.15) is 18.1 Å². The highest BCUT2D eigenvalue weighted by Crippen LogP contribution is 2.21. The van der Waals surface area contributed by atoms with Crippen molar-refractivity contribution >= 4 is 11.9 Å². The van der Waals surface area contributed by atoms with Gasteiger partial charge in [0.25, 0.3) is 0 Å². The number of ether oxygens (including phenoxy) is 1. The fourth-order valence-corrected chi connectivity index (χ4v) is 2.41. The van der Waals surface area contributed by atoms with Gasteiger partial charge >= 0.3 is 0 Å². The predicted octanol–water partition coefficient (Wildman–Crippen LogP) is 4.38. The molecule has 0 aliphatic heterocycles. The van der Waals surface area contributed by atoms with Gasteiger partial charge in [-0.15, -0.1) is 0 Å². The molecule has 0 N–H and O–H groups in total. The van der Waals surface area contributed by atoms with Gasteiger partial charge in [-0.3, -0.25) is 9.48 Å². The molecule has 0 aliphatic rings. The summed E-state index contributed by atoms with van der Waals surface area (Å²) in [6.45, 7) is 3.21. The van der Waals surface area contributed by atoms with Crippen molar-refractivity contribution < 1.29 is 9.53 Å². The summed E-state index contributed by atoms with van der Waals surface area (Å²) in [4.78, 5) is 12.2. The van der Waals surface area contributed by atoms with Crippen LogP contribution >= 0.6 is 0 Å². The standard InChI is InChI=1S/C21H20N2O2/c1-2-23-15-14-19(22-23)20(24)13-12-18-10-6-7-11-21(18)25-16-17-8-4-3-5-9-17/h3-15H,2,16H2,1H3/b13-12+. The Bertz CT molecular complexity index is 866. The third-order valence-electron chi connectivity index (χ3n) is 3.79. The van der Waals surface area contributed by atoms with Crippen molar-refractivity contribution in [1.82, 2.24) is 9.78 Å². The van der Waals surface area contributed by atoms with Gasteiger partial charge in [0.15, 0.2) is 0 Å². The Morgan fingerprint density at radius 1 is 1.08 bits per heavy atom. The summed E-state index contributed by atoms with van der Waals surface area (Å²) in [5.74, 6) is 0.625. The summed E-state index contributed by atoms with van der Waals surface area (Å²) >= 11 is 0. The fraction of sp³-hybridized carbons (Fsp3) is 0.143. The number of hydrogen-bond donors (Lipinski definition) is 0. The van der Waals surface area contributed by atoms with Gasteiger partial charge in [-0.25, -0.2) is 0 Å². The first-order chi connectivity index (χ1) is 12.3. The average Bonchev–Trinajstić information content (AvgIpc) is 3.15. The third-order valence-corrected chi connectivity index (χ3v) is 3.79. The number of para-hydroxylation sites is 1. The average molecular weight is 332 g/mol. The van der Waals surface area contributed by atoms with Crippen LogP contribution in [-0.4, -0.2) is 15.6 Å². The van der Waals surface area contributed by atoms with Crippen LogP contribution in [0.5, 0.6) is 5.75 Å².